The SMILES string of the molecule is Cc1ccc(=O)n(CC2CN(Cc3noc4c3CCCC4)C2)n1. The third-order valence-electron chi connectivity index (χ3n) is 4.87. The van der Waals surface area contributed by atoms with E-state index >= 15 is 0 Å². The molecule has 0 N–H and O–H groups in total. The van der Waals surface area contributed by atoms with E-state index in [1.807, 2.05) is 6.92 Å². The molecule has 0 saturated carbocycles. The second-order valence-corrected chi connectivity index (χ2v) is 6.79. The molecular formula is C17H22N4O2. The molecule has 4 rings (SSSR count). The Morgan fingerprint density at radius 2 is 2.09 bits per heavy atom. The van der Waals surface area contributed by atoms with E-state index < -0.39 is 0 Å². The van der Waals surface area contributed by atoms with Crippen LogP contribution >= 0.6 is 0 Å². The Bertz CT molecular complexity index is 758. The van der Waals surface area contributed by atoms with Crippen LogP contribution in [0.2, 0.25) is 0 Å². The van der Waals surface area contributed by atoms with E-state index in [4.69, 9.17) is 4.52 Å². The molecule has 1 fully saturated rings. The first-order chi connectivity index (χ1) is 11.2. The Labute approximate surface area is 135 Å². The highest BCUT2D eigenvalue weighted by molar-refractivity contribution is 5.25. The Morgan fingerprint density at radius 3 is 2.96 bits per heavy atom. The first-order valence-corrected chi connectivity index (χ1v) is 8.42. The Morgan fingerprint density at radius 1 is 1.26 bits per heavy atom. The van der Waals surface area contributed by atoms with Gasteiger partial charge in [0.15, 0.2) is 0 Å². The maximum absolute atomic E-state index is 11.8. The number of aryl methyl sites for hydroxylation is 2. The molecule has 2 aliphatic rings. The molecule has 0 aromatic carbocycles. The summed E-state index contributed by atoms with van der Waals surface area (Å²) in [5.74, 6) is 1.59. The van der Waals surface area contributed by atoms with Crippen molar-refractivity contribution in [3.05, 3.63) is 45.2 Å². The summed E-state index contributed by atoms with van der Waals surface area (Å²) in [6, 6.07) is 3.36. The molecule has 1 aliphatic heterocycles. The van der Waals surface area contributed by atoms with Crippen LogP contribution in [-0.4, -0.2) is 32.9 Å². The zero-order chi connectivity index (χ0) is 15.8. The van der Waals surface area contributed by atoms with Gasteiger partial charge in [-0.05, 0) is 32.3 Å². The number of hydrogen-bond acceptors (Lipinski definition) is 5. The summed E-state index contributed by atoms with van der Waals surface area (Å²) in [5.41, 5.74) is 3.33. The molecule has 0 bridgehead atoms. The van der Waals surface area contributed by atoms with E-state index in [1.54, 1.807) is 16.8 Å². The molecule has 6 nitrogen and oxygen atoms in total. The van der Waals surface area contributed by atoms with E-state index in [0.29, 0.717) is 12.5 Å². The van der Waals surface area contributed by atoms with Crippen LogP contribution in [0.15, 0.2) is 21.5 Å². The highest BCUT2D eigenvalue weighted by atomic mass is 16.5. The second kappa shape index (κ2) is 5.92. The van der Waals surface area contributed by atoms with Crippen LogP contribution in [0.4, 0.5) is 0 Å². The molecule has 6 heteroatoms. The van der Waals surface area contributed by atoms with Gasteiger partial charge in [0, 0.05) is 43.6 Å². The van der Waals surface area contributed by atoms with Gasteiger partial charge in [-0.15, -0.1) is 0 Å². The standard InChI is InChI=1S/C17H22N4O2/c1-12-6-7-17(22)21(18-12)10-13-8-20(9-13)11-15-14-4-2-3-5-16(14)23-19-15/h6-7,13H,2-5,8-11H2,1H3. The highest BCUT2D eigenvalue weighted by Crippen LogP contribution is 2.27. The predicted octanol–water partition coefficient (Wildman–Crippen LogP) is 1.55. The van der Waals surface area contributed by atoms with Gasteiger partial charge in [-0.1, -0.05) is 5.16 Å². The fraction of sp³-hybridized carbons (Fsp3) is 0.588. The van der Waals surface area contributed by atoms with Crippen molar-refractivity contribution in [3.63, 3.8) is 0 Å². The van der Waals surface area contributed by atoms with E-state index in [1.165, 1.54) is 18.4 Å². The fourth-order valence-electron chi connectivity index (χ4n) is 3.63. The quantitative estimate of drug-likeness (QED) is 0.857. The number of hydrogen-bond donors (Lipinski definition) is 0. The van der Waals surface area contributed by atoms with Gasteiger partial charge in [-0.25, -0.2) is 4.68 Å². The molecule has 0 unspecified atom stereocenters. The molecule has 1 aliphatic carbocycles. The summed E-state index contributed by atoms with van der Waals surface area (Å²) < 4.78 is 7.07. The summed E-state index contributed by atoms with van der Waals surface area (Å²) >= 11 is 0. The lowest BCUT2D eigenvalue weighted by Crippen LogP contribution is -2.49. The van der Waals surface area contributed by atoms with Crippen LogP contribution in [0.3, 0.4) is 0 Å². The molecule has 2 aromatic heterocycles. The van der Waals surface area contributed by atoms with Gasteiger partial charge < -0.3 is 4.52 Å². The highest BCUT2D eigenvalue weighted by Gasteiger charge is 2.30. The summed E-state index contributed by atoms with van der Waals surface area (Å²) in [4.78, 5) is 14.2. The number of aromatic nitrogens is 3. The molecule has 122 valence electrons. The predicted molar refractivity (Wildman–Crippen MR) is 85.1 cm³/mol. The minimum Gasteiger partial charge on any atom is -0.361 e. The molecule has 0 spiro atoms. The topological polar surface area (TPSA) is 64.2 Å². The third-order valence-corrected chi connectivity index (χ3v) is 4.87. The second-order valence-electron chi connectivity index (χ2n) is 6.79. The Hall–Kier alpha value is -1.95. The van der Waals surface area contributed by atoms with Crippen molar-refractivity contribution in [2.24, 2.45) is 5.92 Å². The van der Waals surface area contributed by atoms with Crippen molar-refractivity contribution < 1.29 is 4.52 Å². The lowest BCUT2D eigenvalue weighted by atomic mass is 9.95. The van der Waals surface area contributed by atoms with Gasteiger partial charge >= 0.3 is 0 Å². The molecule has 3 heterocycles. The minimum absolute atomic E-state index is 0.0142. The van der Waals surface area contributed by atoms with E-state index in [0.717, 1.165) is 49.6 Å². The van der Waals surface area contributed by atoms with Crippen LogP contribution < -0.4 is 5.56 Å². The average molecular weight is 314 g/mol. The summed E-state index contributed by atoms with van der Waals surface area (Å²) in [5, 5.41) is 8.58. The lowest BCUT2D eigenvalue weighted by molar-refractivity contribution is 0.0740. The van der Waals surface area contributed by atoms with Crippen molar-refractivity contribution in [2.75, 3.05) is 13.1 Å². The van der Waals surface area contributed by atoms with Crippen molar-refractivity contribution in [1.82, 2.24) is 19.8 Å². The van der Waals surface area contributed by atoms with Crippen LogP contribution in [0, 0.1) is 12.8 Å². The molecule has 0 amide bonds. The number of likely N-dealkylation sites (tertiary alicyclic amines) is 1. The van der Waals surface area contributed by atoms with Gasteiger partial charge in [-0.3, -0.25) is 9.69 Å². The van der Waals surface area contributed by atoms with Crippen LogP contribution in [0.5, 0.6) is 0 Å². The Kier molecular flexibility index (Phi) is 3.77. The summed E-state index contributed by atoms with van der Waals surface area (Å²) in [6.45, 7) is 5.46. The molecule has 23 heavy (non-hydrogen) atoms. The Balaban J connectivity index is 1.34. The number of rotatable bonds is 4. The molecule has 2 aromatic rings. The van der Waals surface area contributed by atoms with Crippen molar-refractivity contribution in [1.29, 1.82) is 0 Å². The maximum atomic E-state index is 11.8. The van der Waals surface area contributed by atoms with Gasteiger partial charge in [0.2, 0.25) is 0 Å². The van der Waals surface area contributed by atoms with Crippen LogP contribution in [0.1, 0.15) is 35.6 Å². The van der Waals surface area contributed by atoms with Crippen molar-refractivity contribution >= 4 is 0 Å². The van der Waals surface area contributed by atoms with Gasteiger partial charge in [-0.2, -0.15) is 5.10 Å². The third kappa shape index (κ3) is 2.95. The first kappa shape index (κ1) is 14.6. The maximum Gasteiger partial charge on any atom is 0.266 e. The lowest BCUT2D eigenvalue weighted by Gasteiger charge is -2.38. The van der Waals surface area contributed by atoms with E-state index in [9.17, 15) is 4.79 Å². The summed E-state index contributed by atoms with van der Waals surface area (Å²) in [7, 11) is 0. The number of fused-ring (bicyclic) bond motifs is 1. The first-order valence-electron chi connectivity index (χ1n) is 8.42. The van der Waals surface area contributed by atoms with Crippen molar-refractivity contribution in [2.45, 2.75) is 45.7 Å². The molecular weight excluding hydrogens is 292 g/mol. The van der Waals surface area contributed by atoms with E-state index in [2.05, 4.69) is 15.2 Å². The van der Waals surface area contributed by atoms with Gasteiger partial charge in [0.05, 0.1) is 12.2 Å². The largest absolute Gasteiger partial charge is 0.361 e. The van der Waals surface area contributed by atoms with Gasteiger partial charge in [0.1, 0.15) is 11.5 Å². The van der Waals surface area contributed by atoms with Crippen LogP contribution in [0.25, 0.3) is 0 Å². The molecule has 0 radical (unpaired) electrons. The van der Waals surface area contributed by atoms with Crippen LogP contribution in [-0.2, 0) is 25.9 Å². The number of nitrogens with zero attached hydrogens (tertiary/aromatic N) is 4. The molecule has 1 saturated heterocycles. The smallest absolute Gasteiger partial charge is 0.266 e. The molecule has 0 atom stereocenters. The average Bonchev–Trinajstić information content (AvgIpc) is 2.92. The van der Waals surface area contributed by atoms with Gasteiger partial charge in [0.25, 0.3) is 5.56 Å². The monoisotopic (exact) mass is 314 g/mol. The normalized spacial score (nSPS) is 18.7. The fourth-order valence-corrected chi connectivity index (χ4v) is 3.63. The zero-order valence-electron chi connectivity index (χ0n) is 13.5. The zero-order valence-corrected chi connectivity index (χ0v) is 13.5. The summed E-state index contributed by atoms with van der Waals surface area (Å²) in [6.07, 6.45) is 4.60. The van der Waals surface area contributed by atoms with E-state index in [-0.39, 0.29) is 5.56 Å². The minimum atomic E-state index is -0.0142. The van der Waals surface area contributed by atoms with Crippen molar-refractivity contribution in [3.8, 4) is 0 Å².